The maximum atomic E-state index is 3.87. The summed E-state index contributed by atoms with van der Waals surface area (Å²) >= 11 is 0. The number of para-hydroxylation sites is 1. The highest BCUT2D eigenvalue weighted by atomic mass is 15.4. The Balaban J connectivity index is 2.93. The van der Waals surface area contributed by atoms with Crippen molar-refractivity contribution in [3.63, 3.8) is 0 Å². The summed E-state index contributed by atoms with van der Waals surface area (Å²) in [5.74, 6) is 0. The van der Waals surface area contributed by atoms with Crippen LogP contribution in [0.4, 0.5) is 0 Å². The number of hydrogen-bond acceptors (Lipinski definition) is 2. The monoisotopic (exact) mass is 132 g/mol. The van der Waals surface area contributed by atoms with Crippen LogP contribution in [-0.4, -0.2) is 15.0 Å². The third-order valence-corrected chi connectivity index (χ3v) is 1.42. The summed E-state index contributed by atoms with van der Waals surface area (Å²) in [5.41, 5.74) is 1.85. The van der Waals surface area contributed by atoms with Crippen molar-refractivity contribution in [2.45, 2.75) is 0 Å². The molecule has 0 spiro atoms. The first-order valence-electron chi connectivity index (χ1n) is 2.99. The number of aromatic nitrogens is 3. The maximum Gasteiger partial charge on any atom is 0.113 e. The van der Waals surface area contributed by atoms with Gasteiger partial charge in [-0.25, -0.2) is 4.68 Å². The van der Waals surface area contributed by atoms with Crippen molar-refractivity contribution in [2.24, 2.45) is 0 Å². The Hall–Kier alpha value is -1.38. The van der Waals surface area contributed by atoms with Crippen molar-refractivity contribution in [1.82, 2.24) is 15.0 Å². The molecule has 3 nitrogen and oxygen atoms in total. The van der Waals surface area contributed by atoms with Gasteiger partial charge in [0.15, 0.2) is 0 Å². The molecule has 0 aliphatic rings. The van der Waals surface area contributed by atoms with Crippen molar-refractivity contribution < 1.29 is 0 Å². The third kappa shape index (κ3) is 0.603. The summed E-state index contributed by atoms with van der Waals surface area (Å²) < 4.78 is 1.51. The minimum absolute atomic E-state index is 0.887. The first-order chi connectivity index (χ1) is 4.88. The molecule has 10 heavy (non-hydrogen) atoms. The van der Waals surface area contributed by atoms with Crippen molar-refractivity contribution in [3.05, 3.63) is 31.3 Å². The van der Waals surface area contributed by atoms with Gasteiger partial charge in [-0.15, -0.1) is 5.10 Å². The number of hydrogen-bond donors (Lipinski definition) is 0. The molecule has 0 bridgehead atoms. The lowest BCUT2D eigenvalue weighted by Crippen LogP contribution is -1.85. The van der Waals surface area contributed by atoms with Crippen LogP contribution in [0.3, 0.4) is 0 Å². The molecule has 49 valence electrons. The molecule has 0 saturated carbocycles. The van der Waals surface area contributed by atoms with E-state index in [-0.39, 0.29) is 0 Å². The lowest BCUT2D eigenvalue weighted by molar-refractivity contribution is 0.820. The summed E-state index contributed by atoms with van der Waals surface area (Å²) in [7, 11) is 3.65. The van der Waals surface area contributed by atoms with Gasteiger partial charge in [0.25, 0.3) is 0 Å². The van der Waals surface area contributed by atoms with Crippen molar-refractivity contribution >= 4 is 11.0 Å². The molecule has 0 atom stereocenters. The minimum atomic E-state index is 0.887. The van der Waals surface area contributed by atoms with E-state index >= 15 is 0 Å². The van der Waals surface area contributed by atoms with Crippen LogP contribution < -0.4 is 0 Å². The van der Waals surface area contributed by atoms with E-state index in [1.807, 2.05) is 24.3 Å². The van der Waals surface area contributed by atoms with Crippen LogP contribution in [0.5, 0.6) is 0 Å². The smallest absolute Gasteiger partial charge is 0.113 e. The van der Waals surface area contributed by atoms with Crippen LogP contribution in [-0.2, 0) is 0 Å². The van der Waals surface area contributed by atoms with Gasteiger partial charge < -0.3 is 0 Å². The third-order valence-electron chi connectivity index (χ3n) is 1.42. The zero-order chi connectivity index (χ0) is 6.97. The van der Waals surface area contributed by atoms with E-state index in [1.54, 1.807) is 0 Å². The molecule has 1 radical (unpaired) electrons. The van der Waals surface area contributed by atoms with Crippen molar-refractivity contribution in [1.29, 1.82) is 0 Å². The average molecular weight is 132 g/mol. The van der Waals surface area contributed by atoms with Gasteiger partial charge in [-0.05, 0) is 12.1 Å². The Morgan fingerprint density at radius 2 is 2.10 bits per heavy atom. The summed E-state index contributed by atoms with van der Waals surface area (Å²) in [6.45, 7) is 0. The SMILES string of the molecule is [CH2]n1nnc2ccccc21. The fraction of sp³-hybridized carbons (Fsp3) is 0. The predicted molar refractivity (Wildman–Crippen MR) is 38.3 cm³/mol. The molecule has 0 aliphatic carbocycles. The summed E-state index contributed by atoms with van der Waals surface area (Å²) in [6.07, 6.45) is 0. The van der Waals surface area contributed by atoms with E-state index in [2.05, 4.69) is 17.4 Å². The molecule has 3 heteroatoms. The summed E-state index contributed by atoms with van der Waals surface area (Å²) in [5, 5.41) is 7.62. The lowest BCUT2D eigenvalue weighted by Gasteiger charge is -1.86. The molecule has 1 aromatic heterocycles. The van der Waals surface area contributed by atoms with E-state index in [4.69, 9.17) is 0 Å². The highest BCUT2D eigenvalue weighted by Crippen LogP contribution is 2.07. The van der Waals surface area contributed by atoms with Crippen molar-refractivity contribution in [3.8, 4) is 0 Å². The normalized spacial score (nSPS) is 10.5. The lowest BCUT2D eigenvalue weighted by atomic mass is 10.3. The quantitative estimate of drug-likeness (QED) is 0.536. The first kappa shape index (κ1) is 5.41. The molecule has 0 unspecified atom stereocenters. The largest absolute Gasteiger partial charge is 0.243 e. The number of fused-ring (bicyclic) bond motifs is 1. The van der Waals surface area contributed by atoms with Crippen LogP contribution in [0.2, 0.25) is 0 Å². The van der Waals surface area contributed by atoms with E-state index < -0.39 is 0 Å². The predicted octanol–water partition coefficient (Wildman–Crippen LogP) is 1.07. The first-order valence-corrected chi connectivity index (χ1v) is 2.99. The summed E-state index contributed by atoms with van der Waals surface area (Å²) in [4.78, 5) is 0. The minimum Gasteiger partial charge on any atom is -0.243 e. The van der Waals surface area contributed by atoms with Crippen LogP contribution >= 0.6 is 0 Å². The zero-order valence-corrected chi connectivity index (χ0v) is 5.36. The molecular weight excluding hydrogens is 126 g/mol. The second kappa shape index (κ2) is 1.80. The second-order valence-corrected chi connectivity index (χ2v) is 2.08. The Bertz CT molecular complexity index is 350. The van der Waals surface area contributed by atoms with E-state index in [0.29, 0.717) is 0 Å². The van der Waals surface area contributed by atoms with Gasteiger partial charge in [0.05, 0.1) is 12.6 Å². The Kier molecular flexibility index (Phi) is 0.974. The molecular formula is C7H6N3. The van der Waals surface area contributed by atoms with Gasteiger partial charge in [-0.3, -0.25) is 0 Å². The topological polar surface area (TPSA) is 30.7 Å². The fourth-order valence-electron chi connectivity index (χ4n) is 0.917. The molecule has 2 rings (SSSR count). The van der Waals surface area contributed by atoms with Crippen LogP contribution in [0.25, 0.3) is 11.0 Å². The van der Waals surface area contributed by atoms with E-state index in [9.17, 15) is 0 Å². The molecule has 1 heterocycles. The Labute approximate surface area is 58.3 Å². The Morgan fingerprint density at radius 1 is 1.30 bits per heavy atom. The van der Waals surface area contributed by atoms with Gasteiger partial charge in [-0.2, -0.15) is 0 Å². The highest BCUT2D eigenvalue weighted by Gasteiger charge is 1.95. The second-order valence-electron chi connectivity index (χ2n) is 2.08. The highest BCUT2D eigenvalue weighted by molar-refractivity contribution is 5.73. The van der Waals surface area contributed by atoms with Gasteiger partial charge in [-0.1, -0.05) is 17.3 Å². The molecule has 0 aliphatic heterocycles. The zero-order valence-electron chi connectivity index (χ0n) is 5.36. The van der Waals surface area contributed by atoms with Crippen LogP contribution in [0.1, 0.15) is 0 Å². The fourth-order valence-corrected chi connectivity index (χ4v) is 0.917. The van der Waals surface area contributed by atoms with Crippen LogP contribution in [0.15, 0.2) is 24.3 Å². The number of benzene rings is 1. The van der Waals surface area contributed by atoms with Gasteiger partial charge in [0.1, 0.15) is 5.52 Å². The molecule has 1 aromatic carbocycles. The molecule has 0 N–H and O–H groups in total. The average Bonchev–Trinajstić information content (AvgIpc) is 2.34. The standard InChI is InChI=1S/C7H6N3/c1-10-7-5-3-2-4-6(7)8-9-10/h2-5H,1H2. The number of rotatable bonds is 0. The Morgan fingerprint density at radius 3 is 2.90 bits per heavy atom. The molecule has 0 saturated heterocycles. The van der Waals surface area contributed by atoms with Crippen LogP contribution in [0, 0.1) is 7.05 Å². The van der Waals surface area contributed by atoms with Crippen molar-refractivity contribution in [2.75, 3.05) is 0 Å². The van der Waals surface area contributed by atoms with Gasteiger partial charge >= 0.3 is 0 Å². The molecule has 0 fully saturated rings. The van der Waals surface area contributed by atoms with E-state index in [1.165, 1.54) is 4.68 Å². The molecule has 2 aromatic rings. The molecule has 0 amide bonds. The van der Waals surface area contributed by atoms with E-state index in [0.717, 1.165) is 11.0 Å². The van der Waals surface area contributed by atoms with Gasteiger partial charge in [0, 0.05) is 0 Å². The summed E-state index contributed by atoms with van der Waals surface area (Å²) in [6, 6.07) is 7.71. The number of nitrogens with zero attached hydrogens (tertiary/aromatic N) is 3. The van der Waals surface area contributed by atoms with Gasteiger partial charge in [0.2, 0.25) is 0 Å². The maximum absolute atomic E-state index is 3.87.